The molecule has 2 rings (SSSR count). The minimum absolute atomic E-state index is 0.425. The summed E-state index contributed by atoms with van der Waals surface area (Å²) in [4.78, 5) is 0. The van der Waals surface area contributed by atoms with Crippen molar-refractivity contribution in [2.75, 3.05) is 7.11 Å². The molecule has 0 atom stereocenters. The van der Waals surface area contributed by atoms with E-state index in [-0.39, 0.29) is 0 Å². The van der Waals surface area contributed by atoms with E-state index in [9.17, 15) is 0 Å². The van der Waals surface area contributed by atoms with Crippen molar-refractivity contribution in [2.24, 2.45) is 0 Å². The van der Waals surface area contributed by atoms with Crippen molar-refractivity contribution in [1.29, 1.82) is 5.26 Å². The first kappa shape index (κ1) is 11.5. The van der Waals surface area contributed by atoms with E-state index in [2.05, 4.69) is 6.07 Å². The maximum atomic E-state index is 9.06. The van der Waals surface area contributed by atoms with Crippen molar-refractivity contribution in [1.82, 2.24) is 0 Å². The van der Waals surface area contributed by atoms with Gasteiger partial charge in [-0.1, -0.05) is 41.9 Å². The number of rotatable bonds is 2. The van der Waals surface area contributed by atoms with Crippen LogP contribution in [0.4, 0.5) is 0 Å². The van der Waals surface area contributed by atoms with Gasteiger partial charge in [0.05, 0.1) is 17.7 Å². The lowest BCUT2D eigenvalue weighted by atomic mass is 10.0. The smallest absolute Gasteiger partial charge is 0.155 e. The molecule has 2 nitrogen and oxygen atoms in total. The molecule has 0 aromatic heterocycles. The maximum Gasteiger partial charge on any atom is 0.155 e. The van der Waals surface area contributed by atoms with Gasteiger partial charge in [0.15, 0.2) is 5.75 Å². The van der Waals surface area contributed by atoms with Gasteiger partial charge in [0, 0.05) is 0 Å². The van der Waals surface area contributed by atoms with E-state index in [1.807, 2.05) is 30.3 Å². The van der Waals surface area contributed by atoms with Crippen LogP contribution in [0.3, 0.4) is 0 Å². The van der Waals surface area contributed by atoms with Crippen LogP contribution in [0.25, 0.3) is 11.1 Å². The fourth-order valence-corrected chi connectivity index (χ4v) is 1.98. The van der Waals surface area contributed by atoms with Crippen molar-refractivity contribution in [3.8, 4) is 22.9 Å². The molecule has 2 aromatic carbocycles. The second kappa shape index (κ2) is 4.90. The Balaban J connectivity index is 2.60. The summed E-state index contributed by atoms with van der Waals surface area (Å²) >= 11 is 6.09. The van der Waals surface area contributed by atoms with Gasteiger partial charge in [-0.05, 0) is 23.3 Å². The standard InChI is InChI=1S/C14H10ClNO/c1-17-14-12(9-16)7-11(8-13(14)15)10-5-3-2-4-6-10/h2-8H,1H3. The molecular formula is C14H10ClNO. The Morgan fingerprint density at radius 1 is 1.12 bits per heavy atom. The summed E-state index contributed by atoms with van der Waals surface area (Å²) in [5.41, 5.74) is 2.38. The summed E-state index contributed by atoms with van der Waals surface area (Å²) in [5.74, 6) is 0.425. The summed E-state index contributed by atoms with van der Waals surface area (Å²) in [6, 6.07) is 15.4. The predicted molar refractivity (Wildman–Crippen MR) is 68.2 cm³/mol. The minimum Gasteiger partial charge on any atom is -0.494 e. The molecule has 0 aliphatic heterocycles. The fourth-order valence-electron chi connectivity index (χ4n) is 1.68. The molecule has 0 radical (unpaired) electrons. The number of methoxy groups -OCH3 is 1. The maximum absolute atomic E-state index is 9.06. The van der Waals surface area contributed by atoms with Gasteiger partial charge in [0.25, 0.3) is 0 Å². The topological polar surface area (TPSA) is 33.0 Å². The van der Waals surface area contributed by atoms with Crippen molar-refractivity contribution in [3.05, 3.63) is 53.1 Å². The van der Waals surface area contributed by atoms with Crippen molar-refractivity contribution in [3.63, 3.8) is 0 Å². The second-order valence-electron chi connectivity index (χ2n) is 3.52. The number of benzene rings is 2. The van der Waals surface area contributed by atoms with Crippen molar-refractivity contribution < 1.29 is 4.74 Å². The first-order chi connectivity index (χ1) is 8.26. The van der Waals surface area contributed by atoms with E-state index >= 15 is 0 Å². The summed E-state index contributed by atoms with van der Waals surface area (Å²) in [7, 11) is 1.50. The lowest BCUT2D eigenvalue weighted by Crippen LogP contribution is -1.90. The minimum atomic E-state index is 0.425. The highest BCUT2D eigenvalue weighted by Crippen LogP contribution is 2.33. The number of hydrogen-bond donors (Lipinski definition) is 0. The first-order valence-corrected chi connectivity index (χ1v) is 5.47. The normalized spacial score (nSPS) is 9.71. The first-order valence-electron chi connectivity index (χ1n) is 5.09. The van der Waals surface area contributed by atoms with E-state index < -0.39 is 0 Å². The highest BCUT2D eigenvalue weighted by atomic mass is 35.5. The van der Waals surface area contributed by atoms with Gasteiger partial charge >= 0.3 is 0 Å². The number of nitriles is 1. The second-order valence-corrected chi connectivity index (χ2v) is 3.92. The van der Waals surface area contributed by atoms with Crippen LogP contribution in [0.15, 0.2) is 42.5 Å². The predicted octanol–water partition coefficient (Wildman–Crippen LogP) is 3.89. The molecule has 0 heterocycles. The SMILES string of the molecule is COc1c(Cl)cc(-c2ccccc2)cc1C#N. The quantitative estimate of drug-likeness (QED) is 0.802. The van der Waals surface area contributed by atoms with Gasteiger partial charge < -0.3 is 4.74 Å². The average Bonchev–Trinajstić information content (AvgIpc) is 2.38. The zero-order chi connectivity index (χ0) is 12.3. The Morgan fingerprint density at radius 2 is 1.82 bits per heavy atom. The average molecular weight is 244 g/mol. The van der Waals surface area contributed by atoms with Crippen molar-refractivity contribution >= 4 is 11.6 Å². The molecule has 17 heavy (non-hydrogen) atoms. The molecule has 0 spiro atoms. The summed E-state index contributed by atoms with van der Waals surface area (Å²) in [6.45, 7) is 0. The lowest BCUT2D eigenvalue weighted by Gasteiger charge is -2.08. The van der Waals surface area contributed by atoms with Crippen LogP contribution in [-0.4, -0.2) is 7.11 Å². The van der Waals surface area contributed by atoms with Gasteiger partial charge in [-0.25, -0.2) is 0 Å². The molecular weight excluding hydrogens is 234 g/mol. The van der Waals surface area contributed by atoms with Crippen molar-refractivity contribution in [2.45, 2.75) is 0 Å². The zero-order valence-corrected chi connectivity index (χ0v) is 10.0. The fraction of sp³-hybridized carbons (Fsp3) is 0.0714. The molecule has 0 saturated carbocycles. The van der Waals surface area contributed by atoms with E-state index in [4.69, 9.17) is 21.6 Å². The van der Waals surface area contributed by atoms with E-state index in [0.717, 1.165) is 11.1 Å². The molecule has 0 unspecified atom stereocenters. The Kier molecular flexibility index (Phi) is 3.32. The molecule has 0 aliphatic carbocycles. The third-order valence-electron chi connectivity index (χ3n) is 2.48. The number of ether oxygens (including phenoxy) is 1. The van der Waals surface area contributed by atoms with Crippen LogP contribution in [-0.2, 0) is 0 Å². The molecule has 0 saturated heterocycles. The van der Waals surface area contributed by atoms with E-state index in [1.165, 1.54) is 7.11 Å². The summed E-state index contributed by atoms with van der Waals surface area (Å²) in [5, 5.41) is 9.51. The van der Waals surface area contributed by atoms with Crippen LogP contribution >= 0.6 is 11.6 Å². The monoisotopic (exact) mass is 243 g/mol. The van der Waals surface area contributed by atoms with E-state index in [1.54, 1.807) is 12.1 Å². The zero-order valence-electron chi connectivity index (χ0n) is 9.27. The molecule has 0 amide bonds. The molecule has 84 valence electrons. The lowest BCUT2D eigenvalue weighted by molar-refractivity contribution is 0.414. The molecule has 0 fully saturated rings. The molecule has 0 bridgehead atoms. The summed E-state index contributed by atoms with van der Waals surface area (Å²) < 4.78 is 5.10. The largest absolute Gasteiger partial charge is 0.494 e. The molecule has 0 aliphatic rings. The highest BCUT2D eigenvalue weighted by Gasteiger charge is 2.10. The Labute approximate surface area is 105 Å². The van der Waals surface area contributed by atoms with Crippen LogP contribution in [0.1, 0.15) is 5.56 Å². The van der Waals surface area contributed by atoms with E-state index in [0.29, 0.717) is 16.3 Å². The number of nitrogens with zero attached hydrogens (tertiary/aromatic N) is 1. The van der Waals surface area contributed by atoms with Gasteiger partial charge in [-0.2, -0.15) is 5.26 Å². The Bertz CT molecular complexity index is 573. The van der Waals surface area contributed by atoms with Crippen LogP contribution in [0.2, 0.25) is 5.02 Å². The van der Waals surface area contributed by atoms with Crippen LogP contribution < -0.4 is 4.74 Å². The molecule has 3 heteroatoms. The van der Waals surface area contributed by atoms with Gasteiger partial charge in [-0.3, -0.25) is 0 Å². The van der Waals surface area contributed by atoms with Crippen LogP contribution in [0, 0.1) is 11.3 Å². The summed E-state index contributed by atoms with van der Waals surface area (Å²) in [6.07, 6.45) is 0. The Hall–Kier alpha value is -1.98. The van der Waals surface area contributed by atoms with Gasteiger partial charge in [0.1, 0.15) is 6.07 Å². The number of hydrogen-bond acceptors (Lipinski definition) is 2. The highest BCUT2D eigenvalue weighted by molar-refractivity contribution is 6.32. The molecule has 2 aromatic rings. The molecule has 0 N–H and O–H groups in total. The Morgan fingerprint density at radius 3 is 2.41 bits per heavy atom. The van der Waals surface area contributed by atoms with Crippen LogP contribution in [0.5, 0.6) is 5.75 Å². The third-order valence-corrected chi connectivity index (χ3v) is 2.76. The van der Waals surface area contributed by atoms with Gasteiger partial charge in [0.2, 0.25) is 0 Å². The number of halogens is 1. The third kappa shape index (κ3) is 2.25. The van der Waals surface area contributed by atoms with Gasteiger partial charge in [-0.15, -0.1) is 0 Å².